The normalized spacial score (nSPS) is 12.4. The van der Waals surface area contributed by atoms with Crippen molar-refractivity contribution in [2.45, 2.75) is 25.9 Å². The molecule has 0 aliphatic carbocycles. The molecule has 0 saturated heterocycles. The zero-order valence-corrected chi connectivity index (χ0v) is 12.1. The van der Waals surface area contributed by atoms with Crippen molar-refractivity contribution < 1.29 is 4.79 Å². The van der Waals surface area contributed by atoms with E-state index in [0.717, 1.165) is 19.6 Å². The lowest BCUT2D eigenvalue weighted by atomic mass is 10.2. The molecule has 0 spiro atoms. The molecule has 1 unspecified atom stereocenters. The fourth-order valence-corrected chi connectivity index (χ4v) is 2.06. The van der Waals surface area contributed by atoms with E-state index in [1.165, 1.54) is 5.56 Å². The minimum absolute atomic E-state index is 0.106. The van der Waals surface area contributed by atoms with E-state index in [4.69, 9.17) is 0 Å². The molecule has 4 heteroatoms. The average Bonchev–Trinajstić information content (AvgIpc) is 2.37. The summed E-state index contributed by atoms with van der Waals surface area (Å²) in [6.07, 6.45) is 0.531. The first-order valence-corrected chi connectivity index (χ1v) is 6.78. The topological polar surface area (TPSA) is 44.4 Å². The lowest BCUT2D eigenvalue weighted by Crippen LogP contribution is -2.41. The van der Waals surface area contributed by atoms with Crippen molar-refractivity contribution in [1.82, 2.24) is 15.5 Å². The molecule has 0 fully saturated rings. The Kier molecular flexibility index (Phi) is 7.15. The van der Waals surface area contributed by atoms with E-state index in [0.29, 0.717) is 6.42 Å². The zero-order chi connectivity index (χ0) is 14.1. The summed E-state index contributed by atoms with van der Waals surface area (Å²) in [6.45, 7) is 4.51. The van der Waals surface area contributed by atoms with Crippen LogP contribution >= 0.6 is 0 Å². The van der Waals surface area contributed by atoms with Gasteiger partial charge in [-0.3, -0.25) is 4.79 Å². The number of rotatable bonds is 8. The first-order valence-electron chi connectivity index (χ1n) is 6.78. The Bertz CT molecular complexity index is 367. The van der Waals surface area contributed by atoms with Gasteiger partial charge in [-0.05, 0) is 26.6 Å². The zero-order valence-electron chi connectivity index (χ0n) is 12.1. The maximum absolute atomic E-state index is 11.6. The van der Waals surface area contributed by atoms with Crippen LogP contribution in [0.5, 0.6) is 0 Å². The van der Waals surface area contributed by atoms with Crippen molar-refractivity contribution in [3.05, 3.63) is 35.9 Å². The van der Waals surface area contributed by atoms with Crippen LogP contribution < -0.4 is 10.6 Å². The molecule has 1 rings (SSSR count). The number of carbonyl (C=O) groups is 1. The SMILES string of the molecule is CNCCC(=O)NC(C)CN(C)Cc1ccccc1. The van der Waals surface area contributed by atoms with E-state index in [9.17, 15) is 4.79 Å². The molecule has 0 bridgehead atoms. The van der Waals surface area contributed by atoms with Gasteiger partial charge in [-0.15, -0.1) is 0 Å². The summed E-state index contributed by atoms with van der Waals surface area (Å²) >= 11 is 0. The molecule has 1 aromatic carbocycles. The van der Waals surface area contributed by atoms with Gasteiger partial charge in [0.1, 0.15) is 0 Å². The summed E-state index contributed by atoms with van der Waals surface area (Å²) in [5.74, 6) is 0.106. The summed E-state index contributed by atoms with van der Waals surface area (Å²) in [4.78, 5) is 13.8. The van der Waals surface area contributed by atoms with Crippen LogP contribution in [0.25, 0.3) is 0 Å². The van der Waals surface area contributed by atoms with Gasteiger partial charge in [0, 0.05) is 32.1 Å². The van der Waals surface area contributed by atoms with Gasteiger partial charge < -0.3 is 15.5 Å². The number of nitrogens with zero attached hydrogens (tertiary/aromatic N) is 1. The molecular formula is C15H25N3O. The van der Waals surface area contributed by atoms with Crippen LogP contribution in [0.4, 0.5) is 0 Å². The molecule has 0 aliphatic rings. The van der Waals surface area contributed by atoms with Crippen LogP contribution in [0, 0.1) is 0 Å². The first kappa shape index (κ1) is 15.7. The van der Waals surface area contributed by atoms with Crippen LogP contribution in [0.3, 0.4) is 0 Å². The Hall–Kier alpha value is -1.39. The number of nitrogens with one attached hydrogen (secondary N) is 2. The van der Waals surface area contributed by atoms with Crippen LogP contribution in [-0.4, -0.2) is 44.0 Å². The summed E-state index contributed by atoms with van der Waals surface area (Å²) in [5, 5.41) is 5.98. The van der Waals surface area contributed by atoms with Gasteiger partial charge in [-0.1, -0.05) is 30.3 Å². The molecule has 0 aliphatic heterocycles. The Morgan fingerprint density at radius 3 is 2.63 bits per heavy atom. The van der Waals surface area contributed by atoms with E-state index < -0.39 is 0 Å². The third-order valence-electron chi connectivity index (χ3n) is 2.89. The summed E-state index contributed by atoms with van der Waals surface area (Å²) in [6, 6.07) is 10.5. The number of amides is 1. The monoisotopic (exact) mass is 263 g/mol. The van der Waals surface area contributed by atoms with E-state index in [1.54, 1.807) is 0 Å². The van der Waals surface area contributed by atoms with Gasteiger partial charge in [0.05, 0.1) is 0 Å². The van der Waals surface area contributed by atoms with E-state index >= 15 is 0 Å². The highest BCUT2D eigenvalue weighted by molar-refractivity contribution is 5.76. The third-order valence-corrected chi connectivity index (χ3v) is 2.89. The highest BCUT2D eigenvalue weighted by atomic mass is 16.1. The highest BCUT2D eigenvalue weighted by Crippen LogP contribution is 2.03. The maximum Gasteiger partial charge on any atom is 0.221 e. The average molecular weight is 263 g/mol. The molecule has 4 nitrogen and oxygen atoms in total. The van der Waals surface area contributed by atoms with Crippen molar-refractivity contribution in [3.8, 4) is 0 Å². The molecule has 19 heavy (non-hydrogen) atoms. The van der Waals surface area contributed by atoms with Gasteiger partial charge >= 0.3 is 0 Å². The predicted molar refractivity (Wildman–Crippen MR) is 78.9 cm³/mol. The van der Waals surface area contributed by atoms with Gasteiger partial charge in [-0.2, -0.15) is 0 Å². The van der Waals surface area contributed by atoms with Crippen molar-refractivity contribution in [1.29, 1.82) is 0 Å². The van der Waals surface area contributed by atoms with E-state index in [-0.39, 0.29) is 11.9 Å². The van der Waals surface area contributed by atoms with Crippen molar-refractivity contribution in [3.63, 3.8) is 0 Å². The second-order valence-corrected chi connectivity index (χ2v) is 5.00. The molecule has 2 N–H and O–H groups in total. The third kappa shape index (κ3) is 6.94. The minimum atomic E-state index is 0.106. The van der Waals surface area contributed by atoms with Crippen molar-refractivity contribution in [2.24, 2.45) is 0 Å². The Morgan fingerprint density at radius 2 is 2.00 bits per heavy atom. The number of hydrogen-bond acceptors (Lipinski definition) is 3. The van der Waals surface area contributed by atoms with Crippen LogP contribution in [-0.2, 0) is 11.3 Å². The smallest absolute Gasteiger partial charge is 0.221 e. The van der Waals surface area contributed by atoms with Crippen LogP contribution in [0.2, 0.25) is 0 Å². The van der Waals surface area contributed by atoms with Crippen molar-refractivity contribution >= 4 is 5.91 Å². The Labute approximate surface area is 116 Å². The predicted octanol–water partition coefficient (Wildman–Crippen LogP) is 1.23. The fourth-order valence-electron chi connectivity index (χ4n) is 2.06. The molecule has 1 atom stereocenters. The molecule has 1 aromatic rings. The lowest BCUT2D eigenvalue weighted by Gasteiger charge is -2.22. The fraction of sp³-hybridized carbons (Fsp3) is 0.533. The second-order valence-electron chi connectivity index (χ2n) is 5.00. The number of benzene rings is 1. The molecule has 1 amide bonds. The number of hydrogen-bond donors (Lipinski definition) is 2. The summed E-state index contributed by atoms with van der Waals surface area (Å²) in [5.41, 5.74) is 1.29. The van der Waals surface area contributed by atoms with Crippen LogP contribution in [0.1, 0.15) is 18.9 Å². The Balaban J connectivity index is 2.27. The standard InChI is InChI=1S/C15H25N3O/c1-13(17-15(19)9-10-16-2)11-18(3)12-14-7-5-4-6-8-14/h4-8,13,16H,9-12H2,1-3H3,(H,17,19). The quantitative estimate of drug-likeness (QED) is 0.741. The van der Waals surface area contributed by atoms with Crippen molar-refractivity contribution in [2.75, 3.05) is 27.2 Å². The number of likely N-dealkylation sites (N-methyl/N-ethyl adjacent to an activating group) is 1. The molecule has 0 aromatic heterocycles. The highest BCUT2D eigenvalue weighted by Gasteiger charge is 2.09. The molecule has 0 saturated carbocycles. The van der Waals surface area contributed by atoms with Crippen LogP contribution in [0.15, 0.2) is 30.3 Å². The largest absolute Gasteiger partial charge is 0.352 e. The van der Waals surface area contributed by atoms with Gasteiger partial charge in [0.2, 0.25) is 5.91 Å². The molecule has 0 heterocycles. The second kappa shape index (κ2) is 8.67. The Morgan fingerprint density at radius 1 is 1.32 bits per heavy atom. The van der Waals surface area contributed by atoms with Gasteiger partial charge in [0.15, 0.2) is 0 Å². The molecular weight excluding hydrogens is 238 g/mol. The van der Waals surface area contributed by atoms with E-state index in [1.807, 2.05) is 32.2 Å². The first-order chi connectivity index (χ1) is 9.11. The molecule has 0 radical (unpaired) electrons. The van der Waals surface area contributed by atoms with Gasteiger partial charge in [-0.25, -0.2) is 0 Å². The maximum atomic E-state index is 11.6. The summed E-state index contributed by atoms with van der Waals surface area (Å²) < 4.78 is 0. The number of carbonyl (C=O) groups excluding carboxylic acids is 1. The van der Waals surface area contributed by atoms with E-state index in [2.05, 4.69) is 34.7 Å². The summed E-state index contributed by atoms with van der Waals surface area (Å²) in [7, 11) is 3.92. The van der Waals surface area contributed by atoms with Gasteiger partial charge in [0.25, 0.3) is 0 Å². The minimum Gasteiger partial charge on any atom is -0.352 e. The lowest BCUT2D eigenvalue weighted by molar-refractivity contribution is -0.121. The molecule has 106 valence electrons.